The molecule has 7 heterocycles. The van der Waals surface area contributed by atoms with Gasteiger partial charge in [-0.25, -0.2) is 24.1 Å². The number of fused-ring (bicyclic) bond motifs is 2. The Morgan fingerprint density at radius 2 is 1.77 bits per heavy atom. The van der Waals surface area contributed by atoms with E-state index in [9.17, 15) is 14.4 Å². The standard InChI is InChI=1S/C40H44FN11O4/c1-25-34(21-43-38-37(25)42-10-17-56-38)50-11-8-27-20-44-39(46-32(27)24-50)45-28-4-2-26(3-5-28)18-36(54)49-15-13-48(14-16-49)30-22-51(23-30)33-7-6-29(19-31(33)41)52-12-9-35(53)47-40(52)55/h2-7,19-21,30,42H,8-18,22-24H2,1H3,(H,44,45,46)(H,47,53,55). The zero-order valence-corrected chi connectivity index (χ0v) is 31.3. The van der Waals surface area contributed by atoms with Crippen LogP contribution in [-0.2, 0) is 29.0 Å². The Balaban J connectivity index is 0.737. The summed E-state index contributed by atoms with van der Waals surface area (Å²) in [6, 6.07) is 12.4. The summed E-state index contributed by atoms with van der Waals surface area (Å²) >= 11 is 0. The summed E-state index contributed by atoms with van der Waals surface area (Å²) in [7, 11) is 0. The first kappa shape index (κ1) is 35.7. The average Bonchev–Trinajstić information content (AvgIpc) is 3.19. The third-order valence-corrected chi connectivity index (χ3v) is 11.5. The molecule has 0 spiro atoms. The molecule has 4 aromatic rings. The fraction of sp³-hybridized carbons (Fsp3) is 0.400. The lowest BCUT2D eigenvalue weighted by atomic mass is 10.0. The Kier molecular flexibility index (Phi) is 9.49. The lowest BCUT2D eigenvalue weighted by molar-refractivity contribution is -0.132. The number of carbonyl (C=O) groups is 3. The number of piperazine rings is 1. The molecule has 16 heteroatoms. The molecule has 290 valence electrons. The molecule has 4 amide bonds. The highest BCUT2D eigenvalue weighted by Gasteiger charge is 2.36. The molecule has 0 aliphatic carbocycles. The first-order valence-electron chi connectivity index (χ1n) is 19.3. The highest BCUT2D eigenvalue weighted by Crippen LogP contribution is 2.36. The van der Waals surface area contributed by atoms with Crippen LogP contribution in [0.2, 0.25) is 0 Å². The van der Waals surface area contributed by atoms with Crippen LogP contribution in [0, 0.1) is 12.7 Å². The monoisotopic (exact) mass is 761 g/mol. The molecule has 5 aliphatic rings. The van der Waals surface area contributed by atoms with E-state index in [0.29, 0.717) is 69.0 Å². The van der Waals surface area contributed by atoms with E-state index < -0.39 is 11.8 Å². The van der Waals surface area contributed by atoms with Crippen LogP contribution in [0.1, 0.15) is 28.8 Å². The number of amides is 4. The van der Waals surface area contributed by atoms with Crippen molar-refractivity contribution in [3.63, 3.8) is 0 Å². The SMILES string of the molecule is Cc1c(N2CCc3cnc(Nc4ccc(CC(=O)N5CCN(C6CN(c7ccc(N8CCC(=O)NC8=O)cc7F)C6)CC5)cc4)nc3C2)cnc2c1NCCO2. The summed E-state index contributed by atoms with van der Waals surface area (Å²) in [5.41, 5.74) is 8.00. The summed E-state index contributed by atoms with van der Waals surface area (Å²) in [5.74, 6) is 0.571. The summed E-state index contributed by atoms with van der Waals surface area (Å²) in [6.45, 7) is 9.45. The topological polar surface area (TPSA) is 151 Å². The summed E-state index contributed by atoms with van der Waals surface area (Å²) in [4.78, 5) is 60.9. The van der Waals surface area contributed by atoms with Gasteiger partial charge in [0.15, 0.2) is 0 Å². The number of carbonyl (C=O) groups excluding carboxylic acids is 3. The van der Waals surface area contributed by atoms with E-state index in [-0.39, 0.29) is 30.8 Å². The van der Waals surface area contributed by atoms with Gasteiger partial charge in [0.25, 0.3) is 0 Å². The van der Waals surface area contributed by atoms with Gasteiger partial charge in [-0.05, 0) is 54.8 Å². The third-order valence-electron chi connectivity index (χ3n) is 11.5. The number of nitrogens with zero attached hydrogens (tertiary/aromatic N) is 8. The molecule has 3 fully saturated rings. The molecule has 0 radical (unpaired) electrons. The molecule has 5 aliphatic heterocycles. The molecular weight excluding hydrogens is 718 g/mol. The number of imide groups is 1. The van der Waals surface area contributed by atoms with Crippen LogP contribution in [0.4, 0.5) is 43.6 Å². The summed E-state index contributed by atoms with van der Waals surface area (Å²) in [6.07, 6.45) is 5.16. The molecule has 0 atom stereocenters. The Bertz CT molecular complexity index is 2170. The van der Waals surface area contributed by atoms with Crippen LogP contribution in [0.15, 0.2) is 54.9 Å². The number of urea groups is 1. The first-order valence-corrected chi connectivity index (χ1v) is 19.3. The molecule has 2 aromatic heterocycles. The number of aromatic nitrogens is 3. The fourth-order valence-corrected chi connectivity index (χ4v) is 8.17. The predicted molar refractivity (Wildman–Crippen MR) is 209 cm³/mol. The van der Waals surface area contributed by atoms with Crippen molar-refractivity contribution < 1.29 is 23.5 Å². The van der Waals surface area contributed by atoms with Gasteiger partial charge in [0, 0.05) is 94.5 Å². The van der Waals surface area contributed by atoms with Crippen LogP contribution in [-0.4, -0.2) is 114 Å². The minimum absolute atomic E-state index is 0.102. The van der Waals surface area contributed by atoms with Gasteiger partial charge >= 0.3 is 6.03 Å². The second-order valence-electron chi connectivity index (χ2n) is 14.9. The molecule has 15 nitrogen and oxygen atoms in total. The van der Waals surface area contributed by atoms with Crippen molar-refractivity contribution in [2.24, 2.45) is 0 Å². The number of benzene rings is 2. The number of anilines is 6. The molecule has 3 saturated heterocycles. The van der Waals surface area contributed by atoms with Crippen LogP contribution in [0.3, 0.4) is 0 Å². The van der Waals surface area contributed by atoms with Gasteiger partial charge in [-0.3, -0.25) is 24.7 Å². The van der Waals surface area contributed by atoms with Gasteiger partial charge in [0.1, 0.15) is 18.1 Å². The second-order valence-corrected chi connectivity index (χ2v) is 14.9. The van der Waals surface area contributed by atoms with Crippen molar-refractivity contribution in [1.29, 1.82) is 0 Å². The maximum absolute atomic E-state index is 15.1. The highest BCUT2D eigenvalue weighted by molar-refractivity contribution is 6.05. The van der Waals surface area contributed by atoms with E-state index in [0.717, 1.165) is 72.0 Å². The molecule has 2 aromatic carbocycles. The van der Waals surface area contributed by atoms with E-state index in [2.05, 4.69) is 42.6 Å². The fourth-order valence-electron chi connectivity index (χ4n) is 8.17. The van der Waals surface area contributed by atoms with Crippen molar-refractivity contribution in [3.8, 4) is 5.88 Å². The number of pyridine rings is 1. The zero-order valence-electron chi connectivity index (χ0n) is 31.3. The number of hydrogen-bond donors (Lipinski definition) is 3. The van der Waals surface area contributed by atoms with Crippen LogP contribution < -0.4 is 35.4 Å². The van der Waals surface area contributed by atoms with E-state index in [4.69, 9.17) is 9.72 Å². The number of ether oxygens (including phenoxy) is 1. The van der Waals surface area contributed by atoms with Crippen molar-refractivity contribution >= 4 is 52.2 Å². The number of nitrogens with one attached hydrogen (secondary N) is 3. The molecule has 9 rings (SSSR count). The van der Waals surface area contributed by atoms with Gasteiger partial charge in [-0.2, -0.15) is 0 Å². The Labute approximate surface area is 323 Å². The minimum atomic E-state index is -0.532. The maximum Gasteiger partial charge on any atom is 0.328 e. The first-order chi connectivity index (χ1) is 27.3. The average molecular weight is 762 g/mol. The highest BCUT2D eigenvalue weighted by atomic mass is 19.1. The Morgan fingerprint density at radius 3 is 2.55 bits per heavy atom. The minimum Gasteiger partial charge on any atom is -0.474 e. The van der Waals surface area contributed by atoms with E-state index >= 15 is 4.39 Å². The van der Waals surface area contributed by atoms with Crippen molar-refractivity contribution in [2.45, 2.75) is 38.8 Å². The van der Waals surface area contributed by atoms with E-state index in [1.54, 1.807) is 12.1 Å². The number of rotatable bonds is 8. The molecular formula is C40H44FN11O4. The lowest BCUT2D eigenvalue weighted by Gasteiger charge is -2.49. The van der Waals surface area contributed by atoms with Gasteiger partial charge in [-0.1, -0.05) is 12.1 Å². The number of halogens is 1. The van der Waals surface area contributed by atoms with Crippen LogP contribution in [0.25, 0.3) is 0 Å². The van der Waals surface area contributed by atoms with Gasteiger partial charge in [0.2, 0.25) is 23.6 Å². The van der Waals surface area contributed by atoms with E-state index in [1.165, 1.54) is 11.0 Å². The van der Waals surface area contributed by atoms with E-state index in [1.807, 2.05) is 46.5 Å². The van der Waals surface area contributed by atoms with Crippen molar-refractivity contribution in [1.82, 2.24) is 30.1 Å². The lowest BCUT2D eigenvalue weighted by Crippen LogP contribution is -2.63. The van der Waals surface area contributed by atoms with Gasteiger partial charge in [-0.15, -0.1) is 0 Å². The largest absolute Gasteiger partial charge is 0.474 e. The summed E-state index contributed by atoms with van der Waals surface area (Å²) < 4.78 is 20.8. The Hall–Kier alpha value is -6.03. The zero-order chi connectivity index (χ0) is 38.3. The molecule has 3 N–H and O–H groups in total. The van der Waals surface area contributed by atoms with Crippen LogP contribution >= 0.6 is 0 Å². The molecule has 0 unspecified atom stereocenters. The molecule has 56 heavy (non-hydrogen) atoms. The third kappa shape index (κ3) is 7.11. The molecule has 0 saturated carbocycles. The quantitative estimate of drug-likeness (QED) is 0.241. The predicted octanol–water partition coefficient (Wildman–Crippen LogP) is 3.45. The van der Waals surface area contributed by atoms with Crippen molar-refractivity contribution in [3.05, 3.63) is 83.1 Å². The van der Waals surface area contributed by atoms with Crippen LogP contribution in [0.5, 0.6) is 5.88 Å². The van der Waals surface area contributed by atoms with Gasteiger partial charge < -0.3 is 30.1 Å². The normalized spacial score (nSPS) is 18.7. The second kappa shape index (κ2) is 14.9. The molecule has 0 bridgehead atoms. The smallest absolute Gasteiger partial charge is 0.328 e. The summed E-state index contributed by atoms with van der Waals surface area (Å²) in [5, 5.41) is 9.03. The Morgan fingerprint density at radius 1 is 0.946 bits per heavy atom. The van der Waals surface area contributed by atoms with Crippen molar-refractivity contribution in [2.75, 3.05) is 90.8 Å². The van der Waals surface area contributed by atoms with Gasteiger partial charge in [0.05, 0.1) is 36.2 Å². The maximum atomic E-state index is 15.1. The number of hydrogen-bond acceptors (Lipinski definition) is 12.